The first-order valence-electron chi connectivity index (χ1n) is 4.67. The third-order valence-corrected chi connectivity index (χ3v) is 2.51. The lowest BCUT2D eigenvalue weighted by Gasteiger charge is -2.19. The standard InChI is InChI=1S/C10H9F3N2O/c11-10(12,13)9(16)15-5-4-6-2-1-3-7(14)8(6)15/h1-3H,4-5,14H2. The zero-order valence-electron chi connectivity index (χ0n) is 8.21. The molecule has 0 aromatic heterocycles. The molecule has 0 fully saturated rings. The van der Waals surface area contributed by atoms with Gasteiger partial charge in [-0.25, -0.2) is 0 Å². The van der Waals surface area contributed by atoms with Crippen molar-refractivity contribution in [1.29, 1.82) is 0 Å². The van der Waals surface area contributed by atoms with Gasteiger partial charge in [-0.2, -0.15) is 13.2 Å². The Morgan fingerprint density at radius 1 is 1.38 bits per heavy atom. The average Bonchev–Trinajstić information content (AvgIpc) is 2.60. The van der Waals surface area contributed by atoms with Crippen LogP contribution in [0.25, 0.3) is 0 Å². The van der Waals surface area contributed by atoms with Crippen LogP contribution in [0.2, 0.25) is 0 Å². The SMILES string of the molecule is Nc1cccc2c1N(C(=O)C(F)(F)F)CC2. The van der Waals surface area contributed by atoms with Crippen molar-refractivity contribution < 1.29 is 18.0 Å². The number of nitrogens with two attached hydrogens (primary N) is 1. The lowest BCUT2D eigenvalue weighted by Crippen LogP contribution is -2.40. The van der Waals surface area contributed by atoms with E-state index in [1.165, 1.54) is 6.07 Å². The fourth-order valence-corrected chi connectivity index (χ4v) is 1.84. The maximum Gasteiger partial charge on any atom is 0.471 e. The number of hydrogen-bond acceptors (Lipinski definition) is 2. The average molecular weight is 230 g/mol. The number of benzene rings is 1. The summed E-state index contributed by atoms with van der Waals surface area (Å²) in [6.45, 7) is 0.0297. The minimum absolute atomic E-state index is 0.0297. The number of nitrogen functional groups attached to an aromatic ring is 1. The Kier molecular flexibility index (Phi) is 2.29. The van der Waals surface area contributed by atoms with Gasteiger partial charge in [0.2, 0.25) is 0 Å². The zero-order valence-corrected chi connectivity index (χ0v) is 8.21. The van der Waals surface area contributed by atoms with Gasteiger partial charge >= 0.3 is 12.1 Å². The van der Waals surface area contributed by atoms with Crippen LogP contribution in [0.1, 0.15) is 5.56 Å². The Morgan fingerprint density at radius 2 is 2.06 bits per heavy atom. The van der Waals surface area contributed by atoms with Gasteiger partial charge in [0.25, 0.3) is 0 Å². The third kappa shape index (κ3) is 1.60. The lowest BCUT2D eigenvalue weighted by molar-refractivity contribution is -0.170. The summed E-state index contributed by atoms with van der Waals surface area (Å²) >= 11 is 0. The van der Waals surface area contributed by atoms with E-state index in [4.69, 9.17) is 5.73 Å². The molecule has 0 saturated carbocycles. The molecule has 0 spiro atoms. The number of fused-ring (bicyclic) bond motifs is 1. The highest BCUT2D eigenvalue weighted by molar-refractivity contribution is 6.01. The van der Waals surface area contributed by atoms with E-state index in [0.29, 0.717) is 16.9 Å². The molecule has 1 aromatic rings. The molecule has 86 valence electrons. The monoisotopic (exact) mass is 230 g/mol. The second-order valence-electron chi connectivity index (χ2n) is 3.56. The van der Waals surface area contributed by atoms with E-state index in [-0.39, 0.29) is 17.9 Å². The molecule has 0 aliphatic carbocycles. The maximum atomic E-state index is 12.3. The van der Waals surface area contributed by atoms with Gasteiger partial charge in [-0.3, -0.25) is 4.79 Å². The van der Waals surface area contributed by atoms with Crippen LogP contribution in [0.5, 0.6) is 0 Å². The largest absolute Gasteiger partial charge is 0.471 e. The molecule has 1 amide bonds. The normalized spacial score (nSPS) is 15.1. The molecule has 6 heteroatoms. The number of amides is 1. The number of anilines is 2. The minimum Gasteiger partial charge on any atom is -0.397 e. The van der Waals surface area contributed by atoms with Crippen LogP contribution in [0.15, 0.2) is 18.2 Å². The van der Waals surface area contributed by atoms with E-state index in [1.54, 1.807) is 12.1 Å². The molecular weight excluding hydrogens is 221 g/mol. The molecule has 0 unspecified atom stereocenters. The van der Waals surface area contributed by atoms with E-state index in [9.17, 15) is 18.0 Å². The summed E-state index contributed by atoms with van der Waals surface area (Å²) < 4.78 is 36.9. The van der Waals surface area contributed by atoms with E-state index in [0.717, 1.165) is 0 Å². The number of alkyl halides is 3. The highest BCUT2D eigenvalue weighted by atomic mass is 19.4. The maximum absolute atomic E-state index is 12.3. The number of nitrogens with zero attached hydrogens (tertiary/aromatic N) is 1. The number of carbonyl (C=O) groups excluding carboxylic acids is 1. The molecule has 0 saturated heterocycles. The third-order valence-electron chi connectivity index (χ3n) is 2.51. The predicted octanol–water partition coefficient (Wildman–Crippen LogP) is 1.72. The van der Waals surface area contributed by atoms with Crippen molar-refractivity contribution in [2.75, 3.05) is 17.2 Å². The second-order valence-corrected chi connectivity index (χ2v) is 3.56. The van der Waals surface area contributed by atoms with Crippen LogP contribution < -0.4 is 10.6 Å². The molecule has 2 rings (SSSR count). The second kappa shape index (κ2) is 3.40. The fraction of sp³-hybridized carbons (Fsp3) is 0.300. The van der Waals surface area contributed by atoms with E-state index in [1.807, 2.05) is 0 Å². The molecule has 1 aliphatic rings. The van der Waals surface area contributed by atoms with E-state index in [2.05, 4.69) is 0 Å². The van der Waals surface area contributed by atoms with Gasteiger partial charge in [-0.05, 0) is 18.1 Å². The summed E-state index contributed by atoms with van der Waals surface area (Å²) in [6.07, 6.45) is -4.45. The van der Waals surface area contributed by atoms with Crippen molar-refractivity contribution in [1.82, 2.24) is 0 Å². The van der Waals surface area contributed by atoms with Gasteiger partial charge in [0.15, 0.2) is 0 Å². The van der Waals surface area contributed by atoms with Gasteiger partial charge in [0, 0.05) is 6.54 Å². The lowest BCUT2D eigenvalue weighted by atomic mass is 10.1. The van der Waals surface area contributed by atoms with Gasteiger partial charge in [-0.1, -0.05) is 12.1 Å². The molecule has 3 nitrogen and oxygen atoms in total. The van der Waals surface area contributed by atoms with Crippen molar-refractivity contribution in [2.45, 2.75) is 12.6 Å². The van der Waals surface area contributed by atoms with Crippen LogP contribution in [0.3, 0.4) is 0 Å². The van der Waals surface area contributed by atoms with Crippen LogP contribution in [-0.4, -0.2) is 18.6 Å². The number of halogens is 3. The number of carbonyl (C=O) groups is 1. The molecule has 1 aromatic carbocycles. The smallest absolute Gasteiger partial charge is 0.397 e. The Bertz CT molecular complexity index is 442. The first-order valence-corrected chi connectivity index (χ1v) is 4.67. The van der Waals surface area contributed by atoms with Crippen LogP contribution in [0, 0.1) is 0 Å². The molecule has 2 N–H and O–H groups in total. The quantitative estimate of drug-likeness (QED) is 0.690. The van der Waals surface area contributed by atoms with Crippen LogP contribution in [0.4, 0.5) is 24.5 Å². The van der Waals surface area contributed by atoms with Gasteiger partial charge in [0.1, 0.15) is 0 Å². The number of hydrogen-bond donors (Lipinski definition) is 1. The summed E-state index contributed by atoms with van der Waals surface area (Å²) in [7, 11) is 0. The molecule has 0 atom stereocenters. The number of rotatable bonds is 0. The van der Waals surface area contributed by atoms with Crippen LogP contribution >= 0.6 is 0 Å². The highest BCUT2D eigenvalue weighted by Gasteiger charge is 2.45. The first-order chi connectivity index (χ1) is 7.41. The molecular formula is C10H9F3N2O. The summed E-state index contributed by atoms with van der Waals surface area (Å²) in [5.41, 5.74) is 6.66. The summed E-state index contributed by atoms with van der Waals surface area (Å²) in [6, 6.07) is 4.83. The van der Waals surface area contributed by atoms with Crippen LogP contribution in [-0.2, 0) is 11.2 Å². The highest BCUT2D eigenvalue weighted by Crippen LogP contribution is 2.36. The topological polar surface area (TPSA) is 46.3 Å². The Labute approximate surface area is 89.6 Å². The Morgan fingerprint density at radius 3 is 2.69 bits per heavy atom. The predicted molar refractivity (Wildman–Crippen MR) is 53.0 cm³/mol. The van der Waals surface area contributed by atoms with Crippen molar-refractivity contribution in [3.8, 4) is 0 Å². The van der Waals surface area contributed by atoms with E-state index >= 15 is 0 Å². The summed E-state index contributed by atoms with van der Waals surface area (Å²) in [5, 5.41) is 0. The molecule has 1 aliphatic heterocycles. The molecule has 0 bridgehead atoms. The van der Waals surface area contributed by atoms with Crippen molar-refractivity contribution in [3.63, 3.8) is 0 Å². The molecule has 1 heterocycles. The van der Waals surface area contributed by atoms with Gasteiger partial charge < -0.3 is 10.6 Å². The Balaban J connectivity index is 2.41. The fourth-order valence-electron chi connectivity index (χ4n) is 1.84. The minimum atomic E-state index is -4.86. The molecule has 16 heavy (non-hydrogen) atoms. The number of para-hydroxylation sites is 1. The van der Waals surface area contributed by atoms with E-state index < -0.39 is 12.1 Å². The van der Waals surface area contributed by atoms with Crippen molar-refractivity contribution in [2.24, 2.45) is 0 Å². The first kappa shape index (κ1) is 10.8. The van der Waals surface area contributed by atoms with Crippen molar-refractivity contribution >= 4 is 17.3 Å². The van der Waals surface area contributed by atoms with Gasteiger partial charge in [-0.15, -0.1) is 0 Å². The molecule has 0 radical (unpaired) electrons. The Hall–Kier alpha value is -1.72. The van der Waals surface area contributed by atoms with Crippen molar-refractivity contribution in [3.05, 3.63) is 23.8 Å². The summed E-state index contributed by atoms with van der Waals surface area (Å²) in [5.74, 6) is -1.86. The zero-order chi connectivity index (χ0) is 11.9. The summed E-state index contributed by atoms with van der Waals surface area (Å²) in [4.78, 5) is 11.8. The van der Waals surface area contributed by atoms with Gasteiger partial charge in [0.05, 0.1) is 11.4 Å².